The zero-order valence-corrected chi connectivity index (χ0v) is 8.58. The van der Waals surface area contributed by atoms with Gasteiger partial charge < -0.3 is 15.2 Å². The quantitative estimate of drug-likeness (QED) is 0.734. The van der Waals surface area contributed by atoms with Gasteiger partial charge in [-0.05, 0) is 0 Å². The molecule has 0 unspecified atom stereocenters. The smallest absolute Gasteiger partial charge is 0.275 e. The first-order chi connectivity index (χ1) is 6.61. The molecule has 0 fully saturated rings. The second-order valence-electron chi connectivity index (χ2n) is 2.83. The van der Waals surface area contributed by atoms with E-state index in [1.54, 1.807) is 7.05 Å². The number of thiocarbonyl (C=S) groups is 1. The summed E-state index contributed by atoms with van der Waals surface area (Å²) in [5, 5.41) is 3.53. The molecule has 5 nitrogen and oxygen atoms in total. The Morgan fingerprint density at radius 2 is 2.50 bits per heavy atom. The summed E-state index contributed by atoms with van der Waals surface area (Å²) in [6.07, 6.45) is 1.87. The van der Waals surface area contributed by atoms with Crippen LogP contribution in [0.15, 0.2) is 16.9 Å². The third-order valence-electron chi connectivity index (χ3n) is 1.70. The van der Waals surface area contributed by atoms with E-state index in [9.17, 15) is 4.79 Å². The molecule has 6 heteroatoms. The van der Waals surface area contributed by atoms with Gasteiger partial charge in [-0.2, -0.15) is 0 Å². The summed E-state index contributed by atoms with van der Waals surface area (Å²) in [7, 11) is 1.66. The predicted molar refractivity (Wildman–Crippen MR) is 54.9 cm³/mol. The first-order valence-electron chi connectivity index (χ1n) is 4.05. The van der Waals surface area contributed by atoms with Gasteiger partial charge in [0.15, 0.2) is 5.69 Å². The Bertz CT molecular complexity index is 323. The minimum atomic E-state index is -0.199. The van der Waals surface area contributed by atoms with Gasteiger partial charge in [-0.25, -0.2) is 0 Å². The average molecular weight is 213 g/mol. The second kappa shape index (κ2) is 4.71. The minimum absolute atomic E-state index is 0.199. The lowest BCUT2D eigenvalue weighted by Gasteiger charge is -2.14. The molecule has 76 valence electrons. The molecule has 2 N–H and O–H groups in total. The van der Waals surface area contributed by atoms with E-state index in [1.165, 1.54) is 17.2 Å². The van der Waals surface area contributed by atoms with Gasteiger partial charge in [0.2, 0.25) is 0 Å². The van der Waals surface area contributed by atoms with Crippen molar-refractivity contribution in [2.75, 3.05) is 13.6 Å². The van der Waals surface area contributed by atoms with Crippen molar-refractivity contribution in [2.24, 2.45) is 5.73 Å². The molecule has 1 amide bonds. The normalized spacial score (nSPS) is 9.79. The van der Waals surface area contributed by atoms with Crippen molar-refractivity contribution in [3.05, 3.63) is 18.0 Å². The minimum Gasteiger partial charge on any atom is -0.393 e. The molecule has 14 heavy (non-hydrogen) atoms. The number of nitrogens with two attached hydrogens (primary N) is 1. The van der Waals surface area contributed by atoms with Crippen LogP contribution in [-0.4, -0.2) is 34.5 Å². The van der Waals surface area contributed by atoms with Crippen LogP contribution in [0.4, 0.5) is 0 Å². The summed E-state index contributed by atoms with van der Waals surface area (Å²) < 4.78 is 4.56. The third kappa shape index (κ3) is 2.81. The number of rotatable bonds is 4. The Kier molecular flexibility index (Phi) is 3.58. The molecule has 1 aromatic rings. The van der Waals surface area contributed by atoms with Gasteiger partial charge in [0.1, 0.15) is 6.26 Å². The molecule has 0 aliphatic rings. The van der Waals surface area contributed by atoms with Crippen LogP contribution >= 0.6 is 12.2 Å². The molecule has 0 aromatic carbocycles. The zero-order valence-electron chi connectivity index (χ0n) is 7.77. The lowest BCUT2D eigenvalue weighted by molar-refractivity contribution is 0.0788. The highest BCUT2D eigenvalue weighted by molar-refractivity contribution is 7.80. The monoisotopic (exact) mass is 213 g/mol. The van der Waals surface area contributed by atoms with Crippen LogP contribution in [0.5, 0.6) is 0 Å². The maximum absolute atomic E-state index is 11.5. The molecular formula is C8H11N3O2S. The first-order valence-corrected chi connectivity index (χ1v) is 4.46. The molecule has 0 spiro atoms. The van der Waals surface area contributed by atoms with E-state index in [0.717, 1.165) is 0 Å². The summed E-state index contributed by atoms with van der Waals surface area (Å²) in [6, 6.07) is 1.51. The molecule has 0 aliphatic carbocycles. The van der Waals surface area contributed by atoms with Crippen LogP contribution < -0.4 is 5.73 Å². The van der Waals surface area contributed by atoms with Crippen molar-refractivity contribution in [3.8, 4) is 0 Å². The highest BCUT2D eigenvalue weighted by Gasteiger charge is 2.13. The van der Waals surface area contributed by atoms with Crippen molar-refractivity contribution in [2.45, 2.75) is 6.42 Å². The van der Waals surface area contributed by atoms with Crippen molar-refractivity contribution in [1.82, 2.24) is 10.1 Å². The van der Waals surface area contributed by atoms with Gasteiger partial charge in [-0.1, -0.05) is 17.4 Å². The van der Waals surface area contributed by atoms with Gasteiger partial charge in [0, 0.05) is 26.1 Å². The summed E-state index contributed by atoms with van der Waals surface area (Å²) >= 11 is 4.71. The Balaban J connectivity index is 2.49. The van der Waals surface area contributed by atoms with E-state index < -0.39 is 0 Å². The van der Waals surface area contributed by atoms with E-state index in [1.807, 2.05) is 0 Å². The van der Waals surface area contributed by atoms with Crippen molar-refractivity contribution < 1.29 is 9.32 Å². The molecule has 0 aliphatic heterocycles. The van der Waals surface area contributed by atoms with Gasteiger partial charge in [-0.3, -0.25) is 4.79 Å². The highest BCUT2D eigenvalue weighted by atomic mass is 32.1. The molecule has 0 saturated heterocycles. The number of nitrogens with zero attached hydrogens (tertiary/aromatic N) is 2. The number of amides is 1. The Morgan fingerprint density at radius 1 is 1.79 bits per heavy atom. The van der Waals surface area contributed by atoms with Crippen LogP contribution in [0.3, 0.4) is 0 Å². The number of carbonyl (C=O) groups is 1. The Labute approximate surface area is 86.8 Å². The number of carbonyl (C=O) groups excluding carboxylic acids is 1. The van der Waals surface area contributed by atoms with Crippen molar-refractivity contribution in [1.29, 1.82) is 0 Å². The highest BCUT2D eigenvalue weighted by Crippen LogP contribution is 2.00. The average Bonchev–Trinajstić information content (AvgIpc) is 2.65. The molecule has 0 bridgehead atoms. The Morgan fingerprint density at radius 3 is 3.00 bits per heavy atom. The van der Waals surface area contributed by atoms with E-state index in [4.69, 9.17) is 18.0 Å². The Hall–Kier alpha value is -1.43. The molecule has 0 atom stereocenters. The fourth-order valence-electron chi connectivity index (χ4n) is 0.898. The summed E-state index contributed by atoms with van der Waals surface area (Å²) in [5.41, 5.74) is 5.61. The van der Waals surface area contributed by atoms with E-state index >= 15 is 0 Å². The van der Waals surface area contributed by atoms with Crippen molar-refractivity contribution >= 4 is 23.1 Å². The molecule has 0 radical (unpaired) electrons. The number of hydrogen-bond acceptors (Lipinski definition) is 4. The zero-order chi connectivity index (χ0) is 10.6. The fourth-order valence-corrected chi connectivity index (χ4v) is 0.989. The lowest BCUT2D eigenvalue weighted by Crippen LogP contribution is -2.30. The summed E-state index contributed by atoms with van der Waals surface area (Å²) in [6.45, 7) is 0.487. The molecule has 1 aromatic heterocycles. The van der Waals surface area contributed by atoms with Crippen LogP contribution in [0.1, 0.15) is 16.9 Å². The third-order valence-corrected chi connectivity index (χ3v) is 1.90. The van der Waals surface area contributed by atoms with Crippen LogP contribution in [-0.2, 0) is 0 Å². The lowest BCUT2D eigenvalue weighted by atomic mass is 10.3. The molecule has 0 saturated carbocycles. The molecular weight excluding hydrogens is 202 g/mol. The second-order valence-corrected chi connectivity index (χ2v) is 3.35. The largest absolute Gasteiger partial charge is 0.393 e. The standard InChI is InChI=1S/C8H11N3O2S/c1-11(4-2-7(9)14)8(12)6-3-5-13-10-6/h3,5H,2,4H2,1H3,(H2,9,14). The molecule has 1 rings (SSSR count). The summed E-state index contributed by atoms with van der Waals surface area (Å²) in [5.74, 6) is -0.199. The fraction of sp³-hybridized carbons (Fsp3) is 0.375. The predicted octanol–water partition coefficient (Wildman–Crippen LogP) is 0.423. The number of hydrogen-bond donors (Lipinski definition) is 1. The van der Waals surface area contributed by atoms with Gasteiger partial charge in [-0.15, -0.1) is 0 Å². The molecule has 1 heterocycles. The SMILES string of the molecule is CN(CCC(N)=S)C(=O)c1ccon1. The van der Waals surface area contributed by atoms with Crippen LogP contribution in [0.2, 0.25) is 0 Å². The van der Waals surface area contributed by atoms with Crippen molar-refractivity contribution in [3.63, 3.8) is 0 Å². The summed E-state index contributed by atoms with van der Waals surface area (Å²) in [4.78, 5) is 13.4. The van der Waals surface area contributed by atoms with E-state index in [0.29, 0.717) is 18.0 Å². The number of aromatic nitrogens is 1. The van der Waals surface area contributed by atoms with Crippen LogP contribution in [0.25, 0.3) is 0 Å². The van der Waals surface area contributed by atoms with Gasteiger partial charge in [0.05, 0.1) is 4.99 Å². The maximum atomic E-state index is 11.5. The maximum Gasteiger partial charge on any atom is 0.275 e. The van der Waals surface area contributed by atoms with E-state index in [2.05, 4.69) is 9.68 Å². The van der Waals surface area contributed by atoms with Gasteiger partial charge in [0.25, 0.3) is 5.91 Å². The van der Waals surface area contributed by atoms with Crippen LogP contribution in [0, 0.1) is 0 Å². The first kappa shape index (κ1) is 10.6. The van der Waals surface area contributed by atoms with Gasteiger partial charge >= 0.3 is 0 Å². The topological polar surface area (TPSA) is 72.4 Å². The van der Waals surface area contributed by atoms with E-state index in [-0.39, 0.29) is 11.6 Å².